The molecule has 0 bridgehead atoms. The Morgan fingerprint density at radius 1 is 1.35 bits per heavy atom. The van der Waals surface area contributed by atoms with Gasteiger partial charge in [-0.25, -0.2) is 4.98 Å². The molecule has 17 heavy (non-hydrogen) atoms. The third-order valence-electron chi connectivity index (χ3n) is 3.45. The van der Waals surface area contributed by atoms with Crippen molar-refractivity contribution in [3.05, 3.63) is 16.5 Å². The summed E-state index contributed by atoms with van der Waals surface area (Å²) in [6, 6.07) is 0.382. The van der Waals surface area contributed by atoms with Gasteiger partial charge >= 0.3 is 0 Å². The number of rotatable bonds is 1. The van der Waals surface area contributed by atoms with Crippen LogP contribution in [0.25, 0.3) is 0 Å². The fourth-order valence-electron chi connectivity index (χ4n) is 2.73. The standard InChI is InChI=1S/C11H13Cl2N3O/c12-7-6-14-11(13)15-10(7)16-4-5-17-9-3-1-2-8(9)16/h6,8-9H,1-5H2. The van der Waals surface area contributed by atoms with Gasteiger partial charge in [0.1, 0.15) is 5.02 Å². The Labute approximate surface area is 110 Å². The van der Waals surface area contributed by atoms with Gasteiger partial charge in [-0.3, -0.25) is 0 Å². The van der Waals surface area contributed by atoms with Gasteiger partial charge in [-0.2, -0.15) is 4.98 Å². The summed E-state index contributed by atoms with van der Waals surface area (Å²) in [7, 11) is 0. The summed E-state index contributed by atoms with van der Waals surface area (Å²) in [5.74, 6) is 0.742. The molecule has 92 valence electrons. The monoisotopic (exact) mass is 273 g/mol. The Morgan fingerprint density at radius 2 is 2.24 bits per heavy atom. The first-order chi connectivity index (χ1) is 8.25. The van der Waals surface area contributed by atoms with E-state index < -0.39 is 0 Å². The topological polar surface area (TPSA) is 38.2 Å². The van der Waals surface area contributed by atoms with Gasteiger partial charge in [-0.15, -0.1) is 0 Å². The zero-order chi connectivity index (χ0) is 11.8. The number of anilines is 1. The maximum absolute atomic E-state index is 6.15. The first kappa shape index (κ1) is 11.5. The molecule has 2 atom stereocenters. The lowest BCUT2D eigenvalue weighted by Crippen LogP contribution is -2.49. The first-order valence-electron chi connectivity index (χ1n) is 5.82. The third-order valence-corrected chi connectivity index (χ3v) is 3.90. The average Bonchev–Trinajstić information content (AvgIpc) is 2.80. The highest BCUT2D eigenvalue weighted by Crippen LogP contribution is 2.35. The van der Waals surface area contributed by atoms with Crippen LogP contribution in [0.4, 0.5) is 5.82 Å². The molecule has 2 aliphatic rings. The maximum atomic E-state index is 6.15. The SMILES string of the molecule is Clc1ncc(Cl)c(N2CCOC3CCCC32)n1. The van der Waals surface area contributed by atoms with E-state index in [1.807, 2.05) is 0 Å². The summed E-state index contributed by atoms with van der Waals surface area (Å²) in [4.78, 5) is 10.4. The van der Waals surface area contributed by atoms with Crippen molar-refractivity contribution < 1.29 is 4.74 Å². The first-order valence-corrected chi connectivity index (χ1v) is 6.57. The van der Waals surface area contributed by atoms with E-state index in [-0.39, 0.29) is 5.28 Å². The van der Waals surface area contributed by atoms with Crippen molar-refractivity contribution in [2.24, 2.45) is 0 Å². The smallest absolute Gasteiger partial charge is 0.224 e. The van der Waals surface area contributed by atoms with Gasteiger partial charge in [0.15, 0.2) is 5.82 Å². The Bertz CT molecular complexity index is 429. The third kappa shape index (κ3) is 2.09. The lowest BCUT2D eigenvalue weighted by atomic mass is 10.1. The van der Waals surface area contributed by atoms with E-state index in [1.165, 1.54) is 6.42 Å². The summed E-state index contributed by atoms with van der Waals surface area (Å²) in [5, 5.41) is 0.799. The van der Waals surface area contributed by atoms with E-state index in [0.29, 0.717) is 17.2 Å². The Hall–Kier alpha value is -0.580. The largest absolute Gasteiger partial charge is 0.374 e. The minimum Gasteiger partial charge on any atom is -0.374 e. The van der Waals surface area contributed by atoms with Gasteiger partial charge in [0, 0.05) is 6.54 Å². The minimum absolute atomic E-state index is 0.241. The van der Waals surface area contributed by atoms with Crippen LogP contribution in [0.2, 0.25) is 10.3 Å². The molecule has 0 amide bonds. The van der Waals surface area contributed by atoms with Gasteiger partial charge in [0.25, 0.3) is 0 Å². The second-order valence-corrected chi connectivity index (χ2v) is 5.16. The van der Waals surface area contributed by atoms with Crippen LogP contribution in [0.3, 0.4) is 0 Å². The number of fused-ring (bicyclic) bond motifs is 1. The number of hydrogen-bond acceptors (Lipinski definition) is 4. The Kier molecular flexibility index (Phi) is 3.11. The molecule has 1 aliphatic heterocycles. The van der Waals surface area contributed by atoms with Crippen LogP contribution < -0.4 is 4.90 Å². The fourth-order valence-corrected chi connectivity index (χ4v) is 3.06. The van der Waals surface area contributed by atoms with E-state index in [4.69, 9.17) is 27.9 Å². The summed E-state index contributed by atoms with van der Waals surface area (Å²) >= 11 is 12.0. The molecule has 2 unspecified atom stereocenters. The van der Waals surface area contributed by atoms with E-state index >= 15 is 0 Å². The molecular weight excluding hydrogens is 261 g/mol. The normalized spacial score (nSPS) is 28.2. The summed E-state index contributed by atoms with van der Waals surface area (Å²) in [6.45, 7) is 1.54. The Morgan fingerprint density at radius 3 is 3.12 bits per heavy atom. The van der Waals surface area contributed by atoms with Crippen LogP contribution in [0.15, 0.2) is 6.20 Å². The lowest BCUT2D eigenvalue weighted by Gasteiger charge is -2.38. The molecule has 6 heteroatoms. The number of halogens is 2. The average molecular weight is 274 g/mol. The van der Waals surface area contributed by atoms with Crippen molar-refractivity contribution in [3.63, 3.8) is 0 Å². The molecule has 1 saturated carbocycles. The molecule has 2 fully saturated rings. The minimum atomic E-state index is 0.241. The number of morpholine rings is 1. The lowest BCUT2D eigenvalue weighted by molar-refractivity contribution is 0.0253. The predicted molar refractivity (Wildman–Crippen MR) is 66.8 cm³/mol. The Balaban J connectivity index is 1.94. The number of hydrogen-bond donors (Lipinski definition) is 0. The molecule has 0 radical (unpaired) electrons. The van der Waals surface area contributed by atoms with E-state index in [1.54, 1.807) is 6.20 Å². The summed E-state index contributed by atoms with van der Waals surface area (Å²) < 4.78 is 5.76. The van der Waals surface area contributed by atoms with Crippen molar-refractivity contribution in [1.29, 1.82) is 0 Å². The second-order valence-electron chi connectivity index (χ2n) is 4.41. The van der Waals surface area contributed by atoms with Crippen LogP contribution in [0.1, 0.15) is 19.3 Å². The summed E-state index contributed by atoms with van der Waals surface area (Å²) in [6.07, 6.45) is 5.32. The fraction of sp³-hybridized carbons (Fsp3) is 0.636. The number of nitrogens with zero attached hydrogens (tertiary/aromatic N) is 3. The quantitative estimate of drug-likeness (QED) is 0.738. The number of aromatic nitrogens is 2. The van der Waals surface area contributed by atoms with E-state index in [9.17, 15) is 0 Å². The molecule has 1 aliphatic carbocycles. The molecule has 1 saturated heterocycles. The molecule has 0 spiro atoms. The van der Waals surface area contributed by atoms with Crippen molar-refractivity contribution in [2.45, 2.75) is 31.4 Å². The van der Waals surface area contributed by atoms with Crippen LogP contribution in [-0.2, 0) is 4.74 Å². The molecule has 3 rings (SSSR count). The van der Waals surface area contributed by atoms with E-state index in [2.05, 4.69) is 14.9 Å². The molecule has 1 aromatic heterocycles. The zero-order valence-electron chi connectivity index (χ0n) is 9.27. The predicted octanol–water partition coefficient (Wildman–Crippen LogP) is 2.54. The van der Waals surface area contributed by atoms with Crippen LogP contribution in [0, 0.1) is 0 Å². The zero-order valence-corrected chi connectivity index (χ0v) is 10.8. The van der Waals surface area contributed by atoms with Crippen LogP contribution in [0.5, 0.6) is 0 Å². The van der Waals surface area contributed by atoms with Crippen LogP contribution in [-0.4, -0.2) is 35.3 Å². The summed E-state index contributed by atoms with van der Waals surface area (Å²) in [5.41, 5.74) is 0. The molecule has 1 aromatic rings. The highest BCUT2D eigenvalue weighted by Gasteiger charge is 2.37. The number of ether oxygens (including phenoxy) is 1. The van der Waals surface area contributed by atoms with Crippen molar-refractivity contribution in [2.75, 3.05) is 18.1 Å². The molecular formula is C11H13Cl2N3O. The van der Waals surface area contributed by atoms with Gasteiger partial charge in [-0.1, -0.05) is 11.6 Å². The van der Waals surface area contributed by atoms with Gasteiger partial charge in [0.05, 0.1) is 24.9 Å². The second kappa shape index (κ2) is 4.59. The highest BCUT2D eigenvalue weighted by atomic mass is 35.5. The molecule has 0 N–H and O–H groups in total. The highest BCUT2D eigenvalue weighted by molar-refractivity contribution is 6.33. The van der Waals surface area contributed by atoms with Crippen molar-refractivity contribution >= 4 is 29.0 Å². The van der Waals surface area contributed by atoms with Gasteiger partial charge in [0.2, 0.25) is 5.28 Å². The maximum Gasteiger partial charge on any atom is 0.224 e. The molecule has 2 heterocycles. The van der Waals surface area contributed by atoms with Crippen LogP contribution >= 0.6 is 23.2 Å². The van der Waals surface area contributed by atoms with E-state index in [0.717, 1.165) is 31.8 Å². The van der Waals surface area contributed by atoms with Gasteiger partial charge in [-0.05, 0) is 30.9 Å². The van der Waals surface area contributed by atoms with Gasteiger partial charge < -0.3 is 9.64 Å². The molecule has 0 aromatic carbocycles. The van der Waals surface area contributed by atoms with Crippen molar-refractivity contribution in [1.82, 2.24) is 9.97 Å². The van der Waals surface area contributed by atoms with Crippen molar-refractivity contribution in [3.8, 4) is 0 Å². The molecule has 4 nitrogen and oxygen atoms in total.